The number of likely N-dealkylation sites (tertiary alicyclic amines) is 1. The van der Waals surface area contributed by atoms with Gasteiger partial charge in [-0.3, -0.25) is 4.90 Å². The fourth-order valence-electron chi connectivity index (χ4n) is 3.45. The Kier molecular flexibility index (Phi) is 6.40. The number of rotatable bonds is 7. The molecule has 2 aromatic rings. The molecule has 0 bridgehead atoms. The number of benzene rings is 1. The highest BCUT2D eigenvalue weighted by Crippen LogP contribution is 2.24. The van der Waals surface area contributed by atoms with Crippen molar-refractivity contribution in [2.75, 3.05) is 37.3 Å². The van der Waals surface area contributed by atoms with Crippen molar-refractivity contribution >= 4 is 17.7 Å². The Bertz CT molecular complexity index is 762. The molecule has 0 unspecified atom stereocenters. The first-order valence-corrected chi connectivity index (χ1v) is 9.44. The summed E-state index contributed by atoms with van der Waals surface area (Å²) >= 11 is 0. The van der Waals surface area contributed by atoms with Crippen molar-refractivity contribution in [3.8, 4) is 0 Å². The molecular weight excluding hydrogens is 341 g/mol. The van der Waals surface area contributed by atoms with Gasteiger partial charge in [-0.2, -0.15) is 0 Å². The summed E-state index contributed by atoms with van der Waals surface area (Å²) in [6, 6.07) is 8.31. The van der Waals surface area contributed by atoms with Gasteiger partial charge in [-0.1, -0.05) is 42.5 Å². The quantitative estimate of drug-likeness (QED) is 0.782. The highest BCUT2D eigenvalue weighted by molar-refractivity contribution is 5.72. The predicted octanol–water partition coefficient (Wildman–Crippen LogP) is 3.54. The lowest BCUT2D eigenvalue weighted by molar-refractivity contribution is 0.127. The number of halogens is 1. The topological polar surface area (TPSA) is 53.1 Å². The van der Waals surface area contributed by atoms with Gasteiger partial charge in [0.2, 0.25) is 0 Å². The maximum absolute atomic E-state index is 14.8. The van der Waals surface area contributed by atoms with Crippen LogP contribution in [0.4, 0.5) is 16.0 Å². The van der Waals surface area contributed by atoms with E-state index in [1.165, 1.54) is 17.5 Å². The summed E-state index contributed by atoms with van der Waals surface area (Å²) in [6.45, 7) is 8.10. The molecule has 27 heavy (non-hydrogen) atoms. The maximum Gasteiger partial charge on any atom is 0.139 e. The highest BCUT2D eigenvalue weighted by Gasteiger charge is 2.29. The molecule has 3 rings (SSSR count). The average molecular weight is 369 g/mol. The number of aryl methyl sites for hydroxylation is 1. The molecule has 0 aliphatic carbocycles. The van der Waals surface area contributed by atoms with Gasteiger partial charge in [0.25, 0.3) is 0 Å². The molecule has 1 fully saturated rings. The minimum absolute atomic E-state index is 0.251. The molecular formula is C21H28FN5. The van der Waals surface area contributed by atoms with Crippen LogP contribution >= 0.6 is 0 Å². The predicted molar refractivity (Wildman–Crippen MR) is 110 cm³/mol. The maximum atomic E-state index is 14.8. The van der Waals surface area contributed by atoms with E-state index in [1.54, 1.807) is 13.1 Å². The van der Waals surface area contributed by atoms with Crippen molar-refractivity contribution in [1.82, 2.24) is 14.9 Å². The van der Waals surface area contributed by atoms with Gasteiger partial charge in [0.1, 0.15) is 24.1 Å². The molecule has 5 nitrogen and oxygen atoms in total. The fourth-order valence-corrected chi connectivity index (χ4v) is 3.45. The fraction of sp³-hybridized carbons (Fsp3) is 0.429. The first kappa shape index (κ1) is 19.3. The zero-order valence-electron chi connectivity index (χ0n) is 16.1. The average Bonchev–Trinajstić information content (AvgIpc) is 2.69. The van der Waals surface area contributed by atoms with Crippen LogP contribution < -0.4 is 10.6 Å². The van der Waals surface area contributed by atoms with Crippen LogP contribution in [0.2, 0.25) is 0 Å². The Morgan fingerprint density at radius 3 is 2.67 bits per heavy atom. The van der Waals surface area contributed by atoms with Crippen molar-refractivity contribution in [2.24, 2.45) is 0 Å². The number of aromatic nitrogens is 2. The van der Waals surface area contributed by atoms with Crippen LogP contribution in [-0.2, 0) is 6.42 Å². The van der Waals surface area contributed by atoms with Crippen LogP contribution in [-0.4, -0.2) is 53.8 Å². The number of alkyl halides is 1. The van der Waals surface area contributed by atoms with Gasteiger partial charge in [-0.15, -0.1) is 0 Å². The van der Waals surface area contributed by atoms with Crippen LogP contribution in [0, 0.1) is 6.92 Å². The van der Waals surface area contributed by atoms with Crippen molar-refractivity contribution in [2.45, 2.75) is 32.0 Å². The van der Waals surface area contributed by atoms with Crippen LogP contribution in [0.5, 0.6) is 0 Å². The van der Waals surface area contributed by atoms with Crippen molar-refractivity contribution < 1.29 is 4.39 Å². The molecule has 1 aromatic carbocycles. The van der Waals surface area contributed by atoms with Crippen LogP contribution in [0.1, 0.15) is 23.1 Å². The summed E-state index contributed by atoms with van der Waals surface area (Å²) < 4.78 is 14.8. The zero-order chi connectivity index (χ0) is 19.2. The molecule has 144 valence electrons. The molecule has 2 atom stereocenters. The van der Waals surface area contributed by atoms with Gasteiger partial charge >= 0.3 is 0 Å². The molecule has 1 saturated heterocycles. The van der Waals surface area contributed by atoms with Gasteiger partial charge in [0.15, 0.2) is 0 Å². The van der Waals surface area contributed by atoms with E-state index in [4.69, 9.17) is 0 Å². The molecule has 6 heteroatoms. The van der Waals surface area contributed by atoms with Crippen molar-refractivity contribution in [3.63, 3.8) is 0 Å². The third kappa shape index (κ3) is 4.83. The summed E-state index contributed by atoms with van der Waals surface area (Å²) in [5.74, 6) is 1.32. The largest absolute Gasteiger partial charge is 0.372 e. The Balaban J connectivity index is 1.56. The Labute approximate surface area is 160 Å². The summed E-state index contributed by atoms with van der Waals surface area (Å²) in [4.78, 5) is 10.7. The second-order valence-electron chi connectivity index (χ2n) is 7.03. The highest BCUT2D eigenvalue weighted by atomic mass is 19.1. The van der Waals surface area contributed by atoms with E-state index < -0.39 is 6.17 Å². The number of anilines is 2. The summed E-state index contributed by atoms with van der Waals surface area (Å²) in [5.41, 5.74) is 3.33. The SMILES string of the molecule is C=Cc1c(NC)ncnc1N[C@@H]1CCN(CCc2ccc(C)cc2)C[C@H]1F. The molecule has 1 aliphatic rings. The van der Waals surface area contributed by atoms with Gasteiger partial charge in [0, 0.05) is 26.7 Å². The van der Waals surface area contributed by atoms with Gasteiger partial charge in [-0.05, 0) is 25.3 Å². The molecule has 0 amide bonds. The summed E-state index contributed by atoms with van der Waals surface area (Å²) in [5, 5.41) is 6.28. The lowest BCUT2D eigenvalue weighted by atomic mass is 10.0. The Hall–Kier alpha value is -2.47. The summed E-state index contributed by atoms with van der Waals surface area (Å²) in [6.07, 6.45) is 3.92. The van der Waals surface area contributed by atoms with E-state index in [0.717, 1.165) is 31.5 Å². The van der Waals surface area contributed by atoms with E-state index >= 15 is 0 Å². The second kappa shape index (κ2) is 8.95. The van der Waals surface area contributed by atoms with E-state index in [-0.39, 0.29) is 6.04 Å². The number of hydrogen-bond donors (Lipinski definition) is 2. The van der Waals surface area contributed by atoms with Crippen molar-refractivity contribution in [3.05, 3.63) is 53.9 Å². The third-order valence-corrected chi connectivity index (χ3v) is 5.11. The molecule has 0 radical (unpaired) electrons. The van der Waals surface area contributed by atoms with E-state index in [1.807, 2.05) is 0 Å². The molecule has 0 saturated carbocycles. The minimum atomic E-state index is -0.942. The smallest absolute Gasteiger partial charge is 0.139 e. The first-order valence-electron chi connectivity index (χ1n) is 9.44. The van der Waals surface area contributed by atoms with Crippen molar-refractivity contribution in [1.29, 1.82) is 0 Å². The molecule has 1 aromatic heterocycles. The molecule has 2 N–H and O–H groups in total. The standard InChI is InChI=1S/C21H28FN5/c1-4-17-20(23-3)24-14-25-21(17)26-19-10-12-27(13-18(19)22)11-9-16-7-5-15(2)6-8-16/h4-8,14,18-19H,1,9-13H2,2-3H3,(H2,23,24,25,26)/t18-,19-/m1/s1. The van der Waals surface area contributed by atoms with Crippen LogP contribution in [0.25, 0.3) is 6.08 Å². The van der Waals surface area contributed by atoms with E-state index in [0.29, 0.717) is 18.2 Å². The van der Waals surface area contributed by atoms with Gasteiger partial charge < -0.3 is 10.6 Å². The van der Waals surface area contributed by atoms with E-state index in [9.17, 15) is 4.39 Å². The number of piperidine rings is 1. The third-order valence-electron chi connectivity index (χ3n) is 5.11. The van der Waals surface area contributed by atoms with Gasteiger partial charge in [-0.25, -0.2) is 14.4 Å². The van der Waals surface area contributed by atoms with Crippen LogP contribution in [0.3, 0.4) is 0 Å². The lowest BCUT2D eigenvalue weighted by Gasteiger charge is -2.35. The molecule has 2 heterocycles. The second-order valence-corrected chi connectivity index (χ2v) is 7.03. The normalized spacial score (nSPS) is 20.3. The number of nitrogens with zero attached hydrogens (tertiary/aromatic N) is 3. The first-order chi connectivity index (χ1) is 13.1. The van der Waals surface area contributed by atoms with E-state index in [2.05, 4.69) is 63.3 Å². The zero-order valence-corrected chi connectivity index (χ0v) is 16.1. The number of nitrogens with one attached hydrogen (secondary N) is 2. The molecule has 1 aliphatic heterocycles. The number of hydrogen-bond acceptors (Lipinski definition) is 5. The monoisotopic (exact) mass is 369 g/mol. The molecule has 0 spiro atoms. The Morgan fingerprint density at radius 2 is 2.00 bits per heavy atom. The van der Waals surface area contributed by atoms with Crippen LogP contribution in [0.15, 0.2) is 37.2 Å². The summed E-state index contributed by atoms with van der Waals surface area (Å²) in [7, 11) is 1.80. The Morgan fingerprint density at radius 1 is 1.26 bits per heavy atom. The van der Waals surface area contributed by atoms with Gasteiger partial charge in [0.05, 0.1) is 11.6 Å². The minimum Gasteiger partial charge on any atom is -0.372 e. The lowest BCUT2D eigenvalue weighted by Crippen LogP contribution is -2.48.